The Morgan fingerprint density at radius 1 is 1.37 bits per heavy atom. The molecule has 27 heavy (non-hydrogen) atoms. The molecule has 0 bridgehead atoms. The lowest BCUT2D eigenvalue weighted by molar-refractivity contribution is -0.139. The second-order valence-corrected chi connectivity index (χ2v) is 8.39. The lowest BCUT2D eigenvalue weighted by Crippen LogP contribution is -2.59. The number of carbonyl (C=O) groups is 1. The fraction of sp³-hybridized carbons (Fsp3) is 0.773. The Bertz CT molecular complexity index is 624. The number of allylic oxidation sites excluding steroid dienone is 1. The van der Waals surface area contributed by atoms with Crippen LogP contribution in [0.15, 0.2) is 11.6 Å². The van der Waals surface area contributed by atoms with E-state index in [1.807, 2.05) is 6.08 Å². The number of aliphatic hydroxyl groups excluding tert-OH is 2. The van der Waals surface area contributed by atoms with Crippen LogP contribution in [-0.4, -0.2) is 46.2 Å². The van der Waals surface area contributed by atoms with Crippen molar-refractivity contribution in [3.8, 4) is 11.8 Å². The summed E-state index contributed by atoms with van der Waals surface area (Å²) in [6.07, 6.45) is 9.22. The maximum atomic E-state index is 10.8. The molecular weight excluding hydrogens is 344 g/mol. The molecule has 3 aliphatic rings. The van der Waals surface area contributed by atoms with Gasteiger partial charge in [0, 0.05) is 19.4 Å². The van der Waals surface area contributed by atoms with Gasteiger partial charge in [-0.15, -0.1) is 0 Å². The van der Waals surface area contributed by atoms with Crippen molar-refractivity contribution in [1.82, 2.24) is 0 Å². The summed E-state index contributed by atoms with van der Waals surface area (Å²) in [5, 5.41) is 29.6. The van der Waals surface area contributed by atoms with Crippen molar-refractivity contribution in [2.75, 3.05) is 7.11 Å². The van der Waals surface area contributed by atoms with E-state index in [0.29, 0.717) is 18.8 Å². The van der Waals surface area contributed by atoms with Gasteiger partial charge in [0.05, 0.1) is 17.6 Å². The van der Waals surface area contributed by atoms with E-state index in [0.717, 1.165) is 24.8 Å². The molecular formula is C22H32O5. The molecule has 3 aliphatic carbocycles. The van der Waals surface area contributed by atoms with Crippen molar-refractivity contribution in [3.63, 3.8) is 0 Å². The summed E-state index contributed by atoms with van der Waals surface area (Å²) in [6, 6.07) is 0. The quantitative estimate of drug-likeness (QED) is 0.490. The monoisotopic (exact) mass is 376 g/mol. The molecule has 5 unspecified atom stereocenters. The molecule has 3 saturated carbocycles. The summed E-state index contributed by atoms with van der Waals surface area (Å²) in [4.78, 5) is 10.8. The maximum Gasteiger partial charge on any atom is 0.303 e. The molecule has 0 spiro atoms. The van der Waals surface area contributed by atoms with E-state index in [1.54, 1.807) is 7.11 Å². The minimum atomic E-state index is -0.798. The summed E-state index contributed by atoms with van der Waals surface area (Å²) >= 11 is 0. The van der Waals surface area contributed by atoms with E-state index >= 15 is 0 Å². The van der Waals surface area contributed by atoms with Crippen LogP contribution in [0.1, 0.15) is 64.2 Å². The lowest BCUT2D eigenvalue weighted by Gasteiger charge is -2.57. The first-order valence-corrected chi connectivity index (χ1v) is 10.3. The van der Waals surface area contributed by atoms with Gasteiger partial charge in [0.25, 0.3) is 0 Å². The Balaban J connectivity index is 1.66. The van der Waals surface area contributed by atoms with E-state index in [4.69, 9.17) is 9.84 Å². The molecule has 0 amide bonds. The number of methoxy groups -OCH3 is 1. The van der Waals surface area contributed by atoms with E-state index < -0.39 is 23.8 Å². The molecule has 3 rings (SSSR count). The summed E-state index contributed by atoms with van der Waals surface area (Å²) in [5.74, 6) is 5.87. The SMILES string of the molecule is COC12CCC(O)C(C#CC(O)CC3CCCC3)C1CC2=CCCC(=O)O. The first-order valence-electron chi connectivity index (χ1n) is 10.3. The summed E-state index contributed by atoms with van der Waals surface area (Å²) in [6.45, 7) is 0. The first kappa shape index (κ1) is 20.4. The number of aliphatic carboxylic acids is 1. The molecule has 0 aromatic carbocycles. The van der Waals surface area contributed by atoms with Crippen molar-refractivity contribution < 1.29 is 24.9 Å². The number of hydrogen-bond donors (Lipinski definition) is 3. The number of fused-ring (bicyclic) bond motifs is 1. The zero-order valence-electron chi connectivity index (χ0n) is 16.2. The van der Waals surface area contributed by atoms with Crippen LogP contribution in [0.25, 0.3) is 0 Å². The molecule has 3 fully saturated rings. The van der Waals surface area contributed by atoms with Crippen LogP contribution in [0, 0.1) is 29.6 Å². The van der Waals surface area contributed by atoms with Crippen LogP contribution in [0.3, 0.4) is 0 Å². The van der Waals surface area contributed by atoms with Crippen molar-refractivity contribution in [2.24, 2.45) is 17.8 Å². The summed E-state index contributed by atoms with van der Waals surface area (Å²) < 4.78 is 5.88. The average Bonchev–Trinajstić information content (AvgIpc) is 3.12. The molecule has 3 N–H and O–H groups in total. The van der Waals surface area contributed by atoms with E-state index in [9.17, 15) is 15.0 Å². The van der Waals surface area contributed by atoms with E-state index in [2.05, 4.69) is 11.8 Å². The third-order valence-electron chi connectivity index (χ3n) is 6.80. The number of rotatable bonds is 6. The molecule has 0 heterocycles. The Labute approximate surface area is 161 Å². The fourth-order valence-corrected chi connectivity index (χ4v) is 5.28. The molecule has 0 aromatic heterocycles. The normalized spacial score (nSPS) is 35.8. The van der Waals surface area contributed by atoms with Gasteiger partial charge in [0.15, 0.2) is 0 Å². The number of hydrogen-bond acceptors (Lipinski definition) is 4. The third kappa shape index (κ3) is 4.39. The summed E-state index contributed by atoms with van der Waals surface area (Å²) in [5.41, 5.74) is 0.717. The molecule has 0 aliphatic heterocycles. The van der Waals surface area contributed by atoms with Crippen LogP contribution >= 0.6 is 0 Å². The fourth-order valence-electron chi connectivity index (χ4n) is 5.28. The number of ether oxygens (including phenoxy) is 1. The number of carboxylic acids is 1. The zero-order valence-corrected chi connectivity index (χ0v) is 16.2. The minimum absolute atomic E-state index is 0.105. The van der Waals surface area contributed by atoms with Crippen molar-refractivity contribution in [3.05, 3.63) is 11.6 Å². The first-order chi connectivity index (χ1) is 13.0. The van der Waals surface area contributed by atoms with Crippen molar-refractivity contribution in [2.45, 2.75) is 82.0 Å². The van der Waals surface area contributed by atoms with Gasteiger partial charge >= 0.3 is 5.97 Å². The highest BCUT2D eigenvalue weighted by molar-refractivity contribution is 5.66. The standard InChI is InChI=1S/C22H32O5/c1-27-22-12-11-20(24)18(10-9-17(23)13-15-5-2-3-6-15)19(22)14-16(22)7-4-8-21(25)26/h7,15,17-20,23-24H,2-6,8,11-14H2,1H3,(H,25,26). The van der Waals surface area contributed by atoms with E-state index in [-0.39, 0.29) is 18.3 Å². The molecule has 5 atom stereocenters. The third-order valence-corrected chi connectivity index (χ3v) is 6.80. The largest absolute Gasteiger partial charge is 0.481 e. The highest BCUT2D eigenvalue weighted by Gasteiger charge is 2.58. The van der Waals surface area contributed by atoms with Crippen LogP contribution in [0.2, 0.25) is 0 Å². The molecule has 0 saturated heterocycles. The highest BCUT2D eigenvalue weighted by atomic mass is 16.5. The second kappa shape index (κ2) is 8.77. The van der Waals surface area contributed by atoms with Gasteiger partial charge in [-0.2, -0.15) is 0 Å². The van der Waals surface area contributed by atoms with Crippen LogP contribution < -0.4 is 0 Å². The lowest BCUT2D eigenvalue weighted by atomic mass is 9.53. The van der Waals surface area contributed by atoms with Gasteiger partial charge in [0.2, 0.25) is 0 Å². The van der Waals surface area contributed by atoms with Crippen molar-refractivity contribution in [1.29, 1.82) is 0 Å². The predicted molar refractivity (Wildman–Crippen MR) is 102 cm³/mol. The van der Waals surface area contributed by atoms with Gasteiger partial charge in [-0.1, -0.05) is 43.6 Å². The second-order valence-electron chi connectivity index (χ2n) is 8.39. The molecule has 5 heteroatoms. The number of carboxylic acid groups (broad SMARTS) is 1. The highest BCUT2D eigenvalue weighted by Crippen LogP contribution is 2.56. The van der Waals surface area contributed by atoms with Crippen molar-refractivity contribution >= 4 is 5.97 Å². The van der Waals surface area contributed by atoms with Gasteiger partial charge in [-0.05, 0) is 43.6 Å². The zero-order chi connectivity index (χ0) is 19.4. The van der Waals surface area contributed by atoms with Gasteiger partial charge < -0.3 is 20.1 Å². The minimum Gasteiger partial charge on any atom is -0.481 e. The Hall–Kier alpha value is -1.35. The molecule has 5 nitrogen and oxygen atoms in total. The molecule has 0 aromatic rings. The molecule has 0 radical (unpaired) electrons. The Morgan fingerprint density at radius 3 is 2.78 bits per heavy atom. The van der Waals surface area contributed by atoms with Gasteiger partial charge in [-0.25, -0.2) is 0 Å². The van der Waals surface area contributed by atoms with Crippen LogP contribution in [-0.2, 0) is 9.53 Å². The topological polar surface area (TPSA) is 87.0 Å². The summed E-state index contributed by atoms with van der Waals surface area (Å²) in [7, 11) is 1.69. The van der Waals surface area contributed by atoms with Gasteiger partial charge in [0.1, 0.15) is 6.10 Å². The Kier molecular flexibility index (Phi) is 6.62. The van der Waals surface area contributed by atoms with E-state index in [1.165, 1.54) is 25.7 Å². The Morgan fingerprint density at radius 2 is 2.11 bits per heavy atom. The van der Waals surface area contributed by atoms with Gasteiger partial charge in [-0.3, -0.25) is 4.79 Å². The maximum absolute atomic E-state index is 10.8. The average molecular weight is 376 g/mol. The number of aliphatic hydroxyl groups is 2. The van der Waals surface area contributed by atoms with Crippen LogP contribution in [0.5, 0.6) is 0 Å². The molecule has 150 valence electrons. The predicted octanol–water partition coefficient (Wildman–Crippen LogP) is 2.90. The van der Waals surface area contributed by atoms with Crippen LogP contribution in [0.4, 0.5) is 0 Å². The smallest absolute Gasteiger partial charge is 0.303 e.